The highest BCUT2D eigenvalue weighted by Crippen LogP contribution is 2.26. The van der Waals surface area contributed by atoms with Crippen LogP contribution >= 0.6 is 0 Å². The lowest BCUT2D eigenvalue weighted by Gasteiger charge is -2.22. The molecule has 0 spiro atoms. The number of amides is 1. The van der Waals surface area contributed by atoms with E-state index in [-0.39, 0.29) is 5.78 Å². The highest BCUT2D eigenvalue weighted by Gasteiger charge is 2.34. The average Bonchev–Trinajstić information content (AvgIpc) is 2.80. The van der Waals surface area contributed by atoms with Crippen LogP contribution in [0, 0.1) is 0 Å². The van der Waals surface area contributed by atoms with E-state index in [9.17, 15) is 9.59 Å². The van der Waals surface area contributed by atoms with E-state index in [4.69, 9.17) is 0 Å². The number of hydrogen-bond donors (Lipinski definition) is 1. The molecule has 5 heteroatoms. The minimum Gasteiger partial charge on any atom is -0.323 e. The van der Waals surface area contributed by atoms with Gasteiger partial charge < -0.3 is 5.32 Å². The minimum absolute atomic E-state index is 0.304. The molecule has 0 radical (unpaired) electrons. The highest BCUT2D eigenvalue weighted by atomic mass is 16.2. The van der Waals surface area contributed by atoms with E-state index in [1.807, 2.05) is 66.7 Å². The lowest BCUT2D eigenvalue weighted by molar-refractivity contribution is -0.116. The van der Waals surface area contributed by atoms with E-state index in [1.54, 1.807) is 24.4 Å². The molecule has 144 valence electrons. The van der Waals surface area contributed by atoms with Gasteiger partial charge in [0.05, 0.1) is 16.9 Å². The van der Waals surface area contributed by atoms with Crippen molar-refractivity contribution in [2.75, 3.05) is 5.32 Å². The zero-order chi connectivity index (χ0) is 20.5. The van der Waals surface area contributed by atoms with Crippen LogP contribution in [-0.2, 0) is 4.79 Å². The fourth-order valence-corrected chi connectivity index (χ4v) is 3.73. The molecule has 0 aliphatic carbocycles. The molecule has 1 aliphatic rings. The number of fused-ring (bicyclic) bond motifs is 2. The number of ketones is 1. The molecule has 1 atom stereocenters. The maximum absolute atomic E-state index is 13.1. The lowest BCUT2D eigenvalue weighted by Crippen LogP contribution is -2.38. The van der Waals surface area contributed by atoms with Crippen molar-refractivity contribution in [1.29, 1.82) is 0 Å². The summed E-state index contributed by atoms with van der Waals surface area (Å²) in [5, 5.41) is 3.69. The third-order valence-corrected chi connectivity index (χ3v) is 5.15. The van der Waals surface area contributed by atoms with Crippen LogP contribution in [0.15, 0.2) is 96.1 Å². The van der Waals surface area contributed by atoms with Crippen LogP contribution in [0.2, 0.25) is 0 Å². The highest BCUT2D eigenvalue weighted by molar-refractivity contribution is 6.28. The summed E-state index contributed by atoms with van der Waals surface area (Å²) in [6, 6.07) is 24.9. The van der Waals surface area contributed by atoms with Gasteiger partial charge in [0, 0.05) is 28.3 Å². The first-order valence-corrected chi connectivity index (χ1v) is 9.64. The zero-order valence-electron chi connectivity index (χ0n) is 15.9. The van der Waals surface area contributed by atoms with Crippen molar-refractivity contribution in [2.45, 2.75) is 6.04 Å². The predicted octanol–water partition coefficient (Wildman–Crippen LogP) is 4.28. The molecule has 1 aliphatic heterocycles. The number of anilines is 1. The monoisotopic (exact) mass is 391 g/mol. The Morgan fingerprint density at radius 2 is 1.57 bits per heavy atom. The molecular weight excluding hydrogens is 374 g/mol. The van der Waals surface area contributed by atoms with Crippen LogP contribution < -0.4 is 5.32 Å². The van der Waals surface area contributed by atoms with Gasteiger partial charge in [0.1, 0.15) is 0 Å². The first-order valence-electron chi connectivity index (χ1n) is 9.64. The van der Waals surface area contributed by atoms with Crippen LogP contribution in [0.5, 0.6) is 0 Å². The molecule has 30 heavy (non-hydrogen) atoms. The molecule has 1 aromatic heterocycles. The number of hydrogen-bond acceptors (Lipinski definition) is 4. The van der Waals surface area contributed by atoms with Crippen LogP contribution in [-0.4, -0.2) is 28.4 Å². The molecule has 4 aromatic rings. The number of aromatic nitrogens is 1. The quantitative estimate of drug-likeness (QED) is 0.530. The first-order chi connectivity index (χ1) is 14.7. The van der Waals surface area contributed by atoms with E-state index >= 15 is 0 Å². The molecule has 5 nitrogen and oxygen atoms in total. The molecular formula is C25H17N3O2. The predicted molar refractivity (Wildman–Crippen MR) is 117 cm³/mol. The Balaban J connectivity index is 1.56. The van der Waals surface area contributed by atoms with Gasteiger partial charge in [0.2, 0.25) is 0 Å². The van der Waals surface area contributed by atoms with Gasteiger partial charge in [0.15, 0.2) is 11.8 Å². The number of nitrogens with zero attached hydrogens (tertiary/aromatic N) is 2. The molecule has 3 aromatic carbocycles. The number of carbonyl (C=O) groups is 2. The van der Waals surface area contributed by atoms with Crippen molar-refractivity contribution in [3.8, 4) is 0 Å². The van der Waals surface area contributed by atoms with Crippen molar-refractivity contribution in [1.82, 2.24) is 4.98 Å². The van der Waals surface area contributed by atoms with Gasteiger partial charge in [-0.25, -0.2) is 0 Å². The van der Waals surface area contributed by atoms with E-state index in [0.29, 0.717) is 17.0 Å². The van der Waals surface area contributed by atoms with Crippen molar-refractivity contribution in [3.63, 3.8) is 0 Å². The number of pyridine rings is 1. The van der Waals surface area contributed by atoms with Gasteiger partial charge in [-0.1, -0.05) is 60.7 Å². The van der Waals surface area contributed by atoms with E-state index in [0.717, 1.165) is 22.0 Å². The fourth-order valence-electron chi connectivity index (χ4n) is 3.73. The summed E-state index contributed by atoms with van der Waals surface area (Å²) in [6.07, 6.45) is 1.70. The van der Waals surface area contributed by atoms with Crippen molar-refractivity contribution >= 4 is 34.0 Å². The van der Waals surface area contributed by atoms with Crippen LogP contribution in [0.4, 0.5) is 5.69 Å². The second-order valence-electron chi connectivity index (χ2n) is 7.02. The Hall–Kier alpha value is -4.12. The van der Waals surface area contributed by atoms with Crippen molar-refractivity contribution in [2.24, 2.45) is 4.99 Å². The normalized spacial score (nSPS) is 15.4. The molecule has 0 saturated carbocycles. The number of rotatable bonds is 3. The van der Waals surface area contributed by atoms with Crippen LogP contribution in [0.25, 0.3) is 10.9 Å². The number of Topliss-reactive ketones (excluding diaryl/α,β-unsaturated/α-hetero) is 1. The minimum atomic E-state index is -1.15. The standard InChI is InChI=1S/C25H17N3O2/c29-24-18-11-5-4-10-17(18)22(16-8-2-1-3-9-16)28-23(24)25(30)27-21-14-6-13-20-19(21)12-7-15-26-20/h1-15,23H,(H,27,30). The molecule has 0 bridgehead atoms. The second kappa shape index (κ2) is 7.37. The molecule has 1 N–H and O–H groups in total. The van der Waals surface area contributed by atoms with Gasteiger partial charge in [-0.3, -0.25) is 19.6 Å². The fraction of sp³-hybridized carbons (Fsp3) is 0.0400. The number of nitrogens with one attached hydrogen (secondary N) is 1. The molecule has 2 heterocycles. The molecule has 0 fully saturated rings. The van der Waals surface area contributed by atoms with Gasteiger partial charge in [-0.15, -0.1) is 0 Å². The molecule has 5 rings (SSSR count). The molecule has 1 amide bonds. The number of carbonyl (C=O) groups excluding carboxylic acids is 2. The first kappa shape index (κ1) is 17.9. The van der Waals surface area contributed by atoms with Crippen LogP contribution in [0.1, 0.15) is 21.5 Å². The molecule has 1 unspecified atom stereocenters. The summed E-state index contributed by atoms with van der Waals surface area (Å²) in [5.41, 5.74) is 4.13. The lowest BCUT2D eigenvalue weighted by atomic mass is 9.89. The zero-order valence-corrected chi connectivity index (χ0v) is 15.9. The van der Waals surface area contributed by atoms with Gasteiger partial charge in [-0.05, 0) is 24.3 Å². The van der Waals surface area contributed by atoms with E-state index in [2.05, 4.69) is 15.3 Å². The largest absolute Gasteiger partial charge is 0.323 e. The number of aliphatic imine (C=N–C) groups is 1. The van der Waals surface area contributed by atoms with E-state index in [1.165, 1.54) is 0 Å². The Kier molecular flexibility index (Phi) is 4.41. The summed E-state index contributed by atoms with van der Waals surface area (Å²) >= 11 is 0. The SMILES string of the molecule is O=C(Nc1cccc2ncccc12)C1N=C(c2ccccc2)c2ccccc2C1=O. The third-order valence-electron chi connectivity index (χ3n) is 5.15. The number of benzene rings is 3. The van der Waals surface area contributed by atoms with Gasteiger partial charge in [0.25, 0.3) is 5.91 Å². The summed E-state index contributed by atoms with van der Waals surface area (Å²) in [7, 11) is 0. The second-order valence-corrected chi connectivity index (χ2v) is 7.02. The summed E-state index contributed by atoms with van der Waals surface area (Å²) in [4.78, 5) is 35.2. The Labute approximate surface area is 173 Å². The van der Waals surface area contributed by atoms with E-state index < -0.39 is 11.9 Å². The topological polar surface area (TPSA) is 71.4 Å². The summed E-state index contributed by atoms with van der Waals surface area (Å²) in [6.45, 7) is 0. The van der Waals surface area contributed by atoms with Gasteiger partial charge >= 0.3 is 0 Å². The Bertz CT molecular complexity index is 1310. The third kappa shape index (κ3) is 3.06. The maximum Gasteiger partial charge on any atom is 0.257 e. The summed E-state index contributed by atoms with van der Waals surface area (Å²) < 4.78 is 0. The summed E-state index contributed by atoms with van der Waals surface area (Å²) in [5.74, 6) is -0.763. The van der Waals surface area contributed by atoms with Gasteiger partial charge in [-0.2, -0.15) is 0 Å². The Morgan fingerprint density at radius 1 is 0.800 bits per heavy atom. The average molecular weight is 391 g/mol. The maximum atomic E-state index is 13.1. The van der Waals surface area contributed by atoms with Crippen molar-refractivity contribution in [3.05, 3.63) is 108 Å². The Morgan fingerprint density at radius 3 is 2.40 bits per heavy atom. The van der Waals surface area contributed by atoms with Crippen molar-refractivity contribution < 1.29 is 9.59 Å². The molecule has 0 saturated heterocycles. The smallest absolute Gasteiger partial charge is 0.257 e. The van der Waals surface area contributed by atoms with Crippen LogP contribution in [0.3, 0.4) is 0 Å².